The highest BCUT2D eigenvalue weighted by molar-refractivity contribution is 7.99. The third-order valence-electron chi connectivity index (χ3n) is 5.97. The van der Waals surface area contributed by atoms with Crippen LogP contribution in [0.4, 0.5) is 0 Å². The van der Waals surface area contributed by atoms with Crippen LogP contribution in [0.25, 0.3) is 5.69 Å². The number of aromatic nitrogens is 3. The molecule has 3 aromatic rings. The third-order valence-corrected chi connectivity index (χ3v) is 6.89. The number of nitrogens with zero attached hydrogens (tertiary/aromatic N) is 4. The van der Waals surface area contributed by atoms with Crippen molar-refractivity contribution in [1.82, 2.24) is 19.7 Å². The van der Waals surface area contributed by atoms with Crippen molar-refractivity contribution in [1.29, 1.82) is 0 Å². The Morgan fingerprint density at radius 1 is 1.03 bits per heavy atom. The van der Waals surface area contributed by atoms with Crippen LogP contribution in [-0.4, -0.2) is 43.4 Å². The van der Waals surface area contributed by atoms with Crippen molar-refractivity contribution in [2.75, 3.05) is 5.75 Å². The van der Waals surface area contributed by atoms with Gasteiger partial charge < -0.3 is 4.90 Å². The second-order valence-electron chi connectivity index (χ2n) is 8.45. The van der Waals surface area contributed by atoms with E-state index in [9.17, 15) is 4.79 Å². The molecular weight excluding hydrogens is 404 g/mol. The number of carbonyl (C=O) groups excluding carboxylic acids is 1. The molecule has 5 nitrogen and oxygen atoms in total. The number of benzene rings is 2. The predicted molar refractivity (Wildman–Crippen MR) is 126 cm³/mol. The summed E-state index contributed by atoms with van der Waals surface area (Å²) in [5.41, 5.74) is 3.40. The fourth-order valence-corrected chi connectivity index (χ4v) is 5.27. The zero-order chi connectivity index (χ0) is 21.8. The molecule has 1 fully saturated rings. The summed E-state index contributed by atoms with van der Waals surface area (Å²) in [7, 11) is 0. The van der Waals surface area contributed by atoms with Gasteiger partial charge in [0.05, 0.1) is 5.75 Å². The first-order valence-electron chi connectivity index (χ1n) is 11.0. The maximum Gasteiger partial charge on any atom is 0.233 e. The van der Waals surface area contributed by atoms with Gasteiger partial charge in [0.15, 0.2) is 5.16 Å². The number of hydrogen-bond donors (Lipinski definition) is 0. The molecule has 0 saturated carbocycles. The highest BCUT2D eigenvalue weighted by Gasteiger charge is 2.29. The Hall–Kier alpha value is -2.60. The highest BCUT2D eigenvalue weighted by Crippen LogP contribution is 2.27. The zero-order valence-electron chi connectivity index (χ0n) is 18.5. The molecule has 0 unspecified atom stereocenters. The van der Waals surface area contributed by atoms with E-state index >= 15 is 0 Å². The van der Waals surface area contributed by atoms with Gasteiger partial charge in [-0.2, -0.15) is 0 Å². The molecule has 2 aromatic carbocycles. The Labute approximate surface area is 188 Å². The van der Waals surface area contributed by atoms with E-state index in [0.717, 1.165) is 29.5 Å². The first-order chi connectivity index (χ1) is 15.0. The number of rotatable bonds is 6. The van der Waals surface area contributed by atoms with E-state index in [-0.39, 0.29) is 5.91 Å². The van der Waals surface area contributed by atoms with Crippen molar-refractivity contribution < 1.29 is 4.79 Å². The van der Waals surface area contributed by atoms with Gasteiger partial charge in [-0.3, -0.25) is 9.36 Å². The summed E-state index contributed by atoms with van der Waals surface area (Å²) in [5.74, 6) is 1.45. The average Bonchev–Trinajstić information content (AvgIpc) is 3.15. The lowest BCUT2D eigenvalue weighted by molar-refractivity contribution is -0.134. The quantitative estimate of drug-likeness (QED) is 0.510. The molecule has 4 rings (SSSR count). The van der Waals surface area contributed by atoms with Gasteiger partial charge in [0.25, 0.3) is 0 Å². The van der Waals surface area contributed by atoms with Gasteiger partial charge in [0.1, 0.15) is 5.82 Å². The summed E-state index contributed by atoms with van der Waals surface area (Å²) in [5, 5.41) is 9.75. The molecule has 2 heterocycles. The van der Waals surface area contributed by atoms with Gasteiger partial charge in [-0.15, -0.1) is 10.2 Å². The zero-order valence-corrected chi connectivity index (χ0v) is 19.3. The Kier molecular flexibility index (Phi) is 6.76. The Morgan fingerprint density at radius 3 is 2.48 bits per heavy atom. The predicted octanol–water partition coefficient (Wildman–Crippen LogP) is 5.05. The second-order valence-corrected chi connectivity index (χ2v) is 9.40. The summed E-state index contributed by atoms with van der Waals surface area (Å²) in [6.07, 6.45) is 4.06. The molecule has 0 N–H and O–H groups in total. The fraction of sp³-hybridized carbons (Fsp3) is 0.400. The van der Waals surface area contributed by atoms with Crippen LogP contribution in [0.15, 0.2) is 59.8 Å². The Bertz CT molecular complexity index is 1020. The van der Waals surface area contributed by atoms with E-state index in [4.69, 9.17) is 0 Å². The van der Waals surface area contributed by atoms with Gasteiger partial charge in [-0.25, -0.2) is 0 Å². The maximum absolute atomic E-state index is 13.0. The molecule has 6 heteroatoms. The van der Waals surface area contributed by atoms with E-state index in [0.29, 0.717) is 24.3 Å². The molecular formula is C25H30N4OS. The van der Waals surface area contributed by atoms with Crippen molar-refractivity contribution in [3.05, 3.63) is 71.5 Å². The molecule has 1 aliphatic heterocycles. The van der Waals surface area contributed by atoms with Crippen LogP contribution in [0.3, 0.4) is 0 Å². The standard InChI is InChI=1S/C25H30N4OS/c1-18-9-7-14-22(15-18)29-23(16-21-12-5-4-6-13-21)26-27-25(29)31-17-24(30)28-19(2)10-8-11-20(28)3/h4-7,9,12-15,19-20H,8,10-11,16-17H2,1-3H3/t19-,20-/m1/s1. The Morgan fingerprint density at radius 2 is 1.77 bits per heavy atom. The summed E-state index contributed by atoms with van der Waals surface area (Å²) in [6.45, 7) is 6.40. The molecule has 162 valence electrons. The first kappa shape index (κ1) is 21.6. The number of amides is 1. The van der Waals surface area contributed by atoms with Crippen molar-refractivity contribution >= 4 is 17.7 Å². The van der Waals surface area contributed by atoms with Crippen molar-refractivity contribution in [2.24, 2.45) is 0 Å². The van der Waals surface area contributed by atoms with E-state index in [1.807, 2.05) is 24.3 Å². The number of aryl methyl sites for hydroxylation is 1. The lowest BCUT2D eigenvalue weighted by atomic mass is 9.98. The number of hydrogen-bond acceptors (Lipinski definition) is 4. The van der Waals surface area contributed by atoms with Crippen molar-refractivity contribution in [2.45, 2.75) is 63.7 Å². The maximum atomic E-state index is 13.0. The molecule has 1 saturated heterocycles. The van der Waals surface area contributed by atoms with Gasteiger partial charge in [0.2, 0.25) is 5.91 Å². The number of thioether (sulfide) groups is 1. The molecule has 1 amide bonds. The Balaban J connectivity index is 1.59. The van der Waals surface area contributed by atoms with Gasteiger partial charge in [-0.1, -0.05) is 54.2 Å². The molecule has 1 aromatic heterocycles. The van der Waals surface area contributed by atoms with E-state index in [1.165, 1.54) is 29.3 Å². The smallest absolute Gasteiger partial charge is 0.233 e. The van der Waals surface area contributed by atoms with Crippen LogP contribution >= 0.6 is 11.8 Å². The second kappa shape index (κ2) is 9.69. The third kappa shape index (κ3) is 5.01. The van der Waals surface area contributed by atoms with E-state index in [2.05, 4.69) is 70.8 Å². The van der Waals surface area contributed by atoms with Crippen LogP contribution in [0.5, 0.6) is 0 Å². The van der Waals surface area contributed by atoms with Crippen LogP contribution in [0, 0.1) is 6.92 Å². The minimum absolute atomic E-state index is 0.188. The molecule has 31 heavy (non-hydrogen) atoms. The lowest BCUT2D eigenvalue weighted by Crippen LogP contribution is -2.48. The average molecular weight is 435 g/mol. The number of likely N-dealkylation sites (tertiary alicyclic amines) is 1. The van der Waals surface area contributed by atoms with Gasteiger partial charge >= 0.3 is 0 Å². The van der Waals surface area contributed by atoms with Crippen LogP contribution in [-0.2, 0) is 11.2 Å². The molecule has 0 aliphatic carbocycles. The van der Waals surface area contributed by atoms with Gasteiger partial charge in [0, 0.05) is 24.2 Å². The normalized spacial score (nSPS) is 18.9. The first-order valence-corrected chi connectivity index (χ1v) is 12.0. The topological polar surface area (TPSA) is 51.0 Å². The van der Waals surface area contributed by atoms with Crippen molar-refractivity contribution in [3.63, 3.8) is 0 Å². The summed E-state index contributed by atoms with van der Waals surface area (Å²) < 4.78 is 2.10. The highest BCUT2D eigenvalue weighted by atomic mass is 32.2. The largest absolute Gasteiger partial charge is 0.337 e. The molecule has 0 bridgehead atoms. The summed E-state index contributed by atoms with van der Waals surface area (Å²) in [4.78, 5) is 15.1. The monoisotopic (exact) mass is 434 g/mol. The molecule has 0 spiro atoms. The fourth-order valence-electron chi connectivity index (χ4n) is 4.43. The lowest BCUT2D eigenvalue weighted by Gasteiger charge is -2.39. The molecule has 1 aliphatic rings. The van der Waals surface area contributed by atoms with E-state index < -0.39 is 0 Å². The van der Waals surface area contributed by atoms with Crippen LogP contribution in [0.1, 0.15) is 50.1 Å². The van der Waals surface area contributed by atoms with Crippen LogP contribution < -0.4 is 0 Å². The molecule has 0 radical (unpaired) electrons. The minimum Gasteiger partial charge on any atom is -0.337 e. The van der Waals surface area contributed by atoms with E-state index in [1.54, 1.807) is 0 Å². The van der Waals surface area contributed by atoms with Gasteiger partial charge in [-0.05, 0) is 63.3 Å². The number of carbonyl (C=O) groups is 1. The minimum atomic E-state index is 0.188. The van der Waals surface area contributed by atoms with Crippen molar-refractivity contribution in [3.8, 4) is 5.69 Å². The molecule has 2 atom stereocenters. The summed E-state index contributed by atoms with van der Waals surface area (Å²) in [6, 6.07) is 19.3. The number of piperidine rings is 1. The SMILES string of the molecule is Cc1cccc(-n2c(Cc3ccccc3)nnc2SCC(=O)N2[C@H](C)CCC[C@H]2C)c1. The summed E-state index contributed by atoms with van der Waals surface area (Å²) >= 11 is 1.48. The van der Waals surface area contributed by atoms with Crippen LogP contribution in [0.2, 0.25) is 0 Å².